The van der Waals surface area contributed by atoms with Crippen molar-refractivity contribution >= 4 is 88.5 Å². The SMILES string of the molecule is CC(C)C[C@H](NC(=O)[C@H](CC(C)C)NC(=O)[C@H](Cc1cnc[nH]1)NC(=O)CNC(=O)[C@@H](NC(=O)[C@H](C)NC(=O)[C@H](Cc1c[nH]c2ccccc12)NC(=O)[C@H](CCC(N)=O)NC(=O)[C@H](N)Cc1ccccc1)C(C)C)C(=O)N[C@@H](CS)C(N)=O. The molecular weight excluding hydrogens is 1090 g/mol. The quantitative estimate of drug-likeness (QED) is 0.0242. The highest BCUT2D eigenvalue weighted by Gasteiger charge is 2.35. The van der Waals surface area contributed by atoms with Gasteiger partial charge in [0.25, 0.3) is 0 Å². The van der Waals surface area contributed by atoms with Crippen molar-refractivity contribution in [2.45, 2.75) is 148 Å². The molecule has 4 rings (SSSR count). The number of H-pyrrole nitrogens is 2. The van der Waals surface area contributed by atoms with Gasteiger partial charge < -0.3 is 75.0 Å². The molecule has 9 atom stereocenters. The van der Waals surface area contributed by atoms with E-state index in [2.05, 4.69) is 75.4 Å². The van der Waals surface area contributed by atoms with Crippen LogP contribution in [0.4, 0.5) is 0 Å². The number of amides is 11. The second-order valence-electron chi connectivity index (χ2n) is 21.6. The number of benzene rings is 2. The first-order valence-corrected chi connectivity index (χ1v) is 28.1. The number of para-hydroxylation sites is 1. The summed E-state index contributed by atoms with van der Waals surface area (Å²) in [6.45, 7) is 11.3. The van der Waals surface area contributed by atoms with Gasteiger partial charge in [-0.05, 0) is 67.6 Å². The molecule has 452 valence electrons. The largest absolute Gasteiger partial charge is 0.370 e. The van der Waals surface area contributed by atoms with Crippen LogP contribution in [-0.4, -0.2) is 147 Å². The van der Waals surface area contributed by atoms with Crippen molar-refractivity contribution in [1.29, 1.82) is 0 Å². The lowest BCUT2D eigenvalue weighted by Gasteiger charge is -2.27. The Morgan fingerprint density at radius 2 is 1.11 bits per heavy atom. The molecule has 27 heteroatoms. The van der Waals surface area contributed by atoms with Gasteiger partial charge in [-0.2, -0.15) is 12.6 Å². The Morgan fingerprint density at radius 1 is 0.566 bits per heavy atom. The molecule has 0 unspecified atom stereocenters. The van der Waals surface area contributed by atoms with Gasteiger partial charge in [0.1, 0.15) is 48.3 Å². The third-order valence-corrected chi connectivity index (χ3v) is 13.6. The fourth-order valence-corrected chi connectivity index (χ4v) is 9.04. The van der Waals surface area contributed by atoms with Gasteiger partial charge in [0.05, 0.1) is 18.9 Å². The number of nitrogens with one attached hydrogen (secondary N) is 11. The highest BCUT2D eigenvalue weighted by Crippen LogP contribution is 2.20. The fourth-order valence-electron chi connectivity index (χ4n) is 8.77. The smallest absolute Gasteiger partial charge is 0.243 e. The van der Waals surface area contributed by atoms with Crippen molar-refractivity contribution < 1.29 is 52.7 Å². The van der Waals surface area contributed by atoms with E-state index < -0.39 is 132 Å². The van der Waals surface area contributed by atoms with Crippen LogP contribution in [-0.2, 0) is 72.0 Å². The summed E-state index contributed by atoms with van der Waals surface area (Å²) in [6.07, 6.45) is 4.14. The number of nitrogens with zero attached hydrogens (tertiary/aromatic N) is 1. The zero-order valence-electron chi connectivity index (χ0n) is 47.8. The molecule has 0 aliphatic rings. The molecule has 4 aromatic rings. The highest BCUT2D eigenvalue weighted by atomic mass is 32.1. The Kier molecular flexibility index (Phi) is 26.7. The van der Waals surface area contributed by atoms with E-state index in [1.807, 2.05) is 52.0 Å². The number of aromatic amines is 2. The Balaban J connectivity index is 1.46. The third-order valence-electron chi connectivity index (χ3n) is 13.3. The standard InChI is InChI=1S/C56H81N15O11S/c1-29(2)19-40(53(79)67-41(20-30(3)4)54(80)70-44(27-83)48(59)74)68-55(81)43(23-35-25-60-28-63-35)65-46(73)26-62-56(82)47(31(5)6)71-49(75)32(7)64-52(78)42(22-34-24-61-38-16-12-11-15-36(34)38)69-51(77)39(17-18-45(58)72)66-50(76)37(57)21-33-13-9-8-10-14-33/h8-16,24-25,28-32,37,39-44,47,61,83H,17-23,26-27,57H2,1-7H3,(H2,58,72)(H2,59,74)(H,60,63)(H,62,82)(H,64,78)(H,65,73)(H,66,76)(H,67,79)(H,68,81)(H,69,77)(H,70,80)(H,71,75)/t32-,37+,39-,40-,41-,42-,43-,44-,47-/m0/s1. The van der Waals surface area contributed by atoms with Crippen molar-refractivity contribution in [1.82, 2.24) is 62.8 Å². The molecule has 0 spiro atoms. The molecule has 0 saturated heterocycles. The van der Waals surface area contributed by atoms with Crippen molar-refractivity contribution in [3.05, 3.63) is 90.1 Å². The Hall–Kier alpha value is -8.33. The van der Waals surface area contributed by atoms with Gasteiger partial charge in [-0.1, -0.05) is 90.1 Å². The van der Waals surface area contributed by atoms with Crippen LogP contribution in [0.1, 0.15) is 91.0 Å². The molecule has 17 N–H and O–H groups in total. The zero-order chi connectivity index (χ0) is 61.5. The predicted octanol–water partition coefficient (Wildman–Crippen LogP) is -1.31. The summed E-state index contributed by atoms with van der Waals surface area (Å²) in [5.74, 6) is -9.38. The number of thiol groups is 1. The van der Waals surface area contributed by atoms with Gasteiger partial charge >= 0.3 is 0 Å². The van der Waals surface area contributed by atoms with Crippen LogP contribution >= 0.6 is 12.6 Å². The molecule has 83 heavy (non-hydrogen) atoms. The Labute approximate surface area is 487 Å². The molecule has 2 aromatic carbocycles. The average molecular weight is 1170 g/mol. The maximum Gasteiger partial charge on any atom is 0.243 e. The number of aromatic nitrogens is 3. The maximum atomic E-state index is 14.2. The molecule has 0 saturated carbocycles. The molecule has 0 radical (unpaired) electrons. The predicted molar refractivity (Wildman–Crippen MR) is 312 cm³/mol. The summed E-state index contributed by atoms with van der Waals surface area (Å²) in [6, 6.07) is 5.05. The van der Waals surface area contributed by atoms with E-state index in [1.165, 1.54) is 19.4 Å². The summed E-state index contributed by atoms with van der Waals surface area (Å²) >= 11 is 4.08. The van der Waals surface area contributed by atoms with Crippen LogP contribution in [0.15, 0.2) is 73.3 Å². The minimum Gasteiger partial charge on any atom is -0.370 e. The normalized spacial score (nSPS) is 14.6. The molecule has 0 bridgehead atoms. The zero-order valence-corrected chi connectivity index (χ0v) is 48.7. The van der Waals surface area contributed by atoms with Gasteiger partial charge in [0, 0.05) is 54.0 Å². The van der Waals surface area contributed by atoms with Gasteiger partial charge in [0.2, 0.25) is 65.0 Å². The van der Waals surface area contributed by atoms with Gasteiger partial charge in [-0.3, -0.25) is 52.7 Å². The number of fused-ring (bicyclic) bond motifs is 1. The van der Waals surface area contributed by atoms with E-state index in [0.717, 1.165) is 16.5 Å². The molecule has 11 amide bonds. The number of carbonyl (C=O) groups excluding carboxylic acids is 11. The lowest BCUT2D eigenvalue weighted by Crippen LogP contribution is -2.60. The van der Waals surface area contributed by atoms with E-state index in [0.29, 0.717) is 11.3 Å². The Bertz CT molecular complexity index is 2860. The minimum absolute atomic E-state index is 0.0813. The molecule has 2 aromatic heterocycles. The summed E-state index contributed by atoms with van der Waals surface area (Å²) in [5.41, 5.74) is 19.6. The van der Waals surface area contributed by atoms with Crippen LogP contribution in [0.25, 0.3) is 10.9 Å². The van der Waals surface area contributed by atoms with Gasteiger partial charge in [-0.25, -0.2) is 4.98 Å². The molecular formula is C56H81N15O11S. The van der Waals surface area contributed by atoms with Crippen LogP contribution in [0.5, 0.6) is 0 Å². The number of nitrogens with two attached hydrogens (primary N) is 3. The molecule has 0 fully saturated rings. The van der Waals surface area contributed by atoms with Crippen molar-refractivity contribution in [3.8, 4) is 0 Å². The first-order chi connectivity index (χ1) is 39.3. The molecule has 0 aliphatic heterocycles. The van der Waals surface area contributed by atoms with Crippen LogP contribution in [0.3, 0.4) is 0 Å². The maximum absolute atomic E-state index is 14.2. The first-order valence-electron chi connectivity index (χ1n) is 27.5. The van der Waals surface area contributed by atoms with E-state index in [4.69, 9.17) is 17.2 Å². The summed E-state index contributed by atoms with van der Waals surface area (Å²) < 4.78 is 0. The molecule has 26 nitrogen and oxygen atoms in total. The molecule has 2 heterocycles. The lowest BCUT2D eigenvalue weighted by atomic mass is 9.99. The topological polar surface area (TPSA) is 419 Å². The van der Waals surface area contributed by atoms with Gasteiger partial charge in [0.15, 0.2) is 0 Å². The third kappa shape index (κ3) is 22.2. The van der Waals surface area contributed by atoms with Crippen molar-refractivity contribution in [2.75, 3.05) is 12.3 Å². The first kappa shape index (κ1) is 67.2. The second kappa shape index (κ2) is 32.9. The monoisotopic (exact) mass is 1170 g/mol. The lowest BCUT2D eigenvalue weighted by molar-refractivity contribution is -0.135. The summed E-state index contributed by atoms with van der Waals surface area (Å²) in [7, 11) is 0. The van der Waals surface area contributed by atoms with Gasteiger partial charge in [-0.15, -0.1) is 0 Å². The minimum atomic E-state index is -1.37. The number of carbonyl (C=O) groups is 11. The number of rotatable bonds is 34. The second-order valence-corrected chi connectivity index (χ2v) is 22.0. The summed E-state index contributed by atoms with van der Waals surface area (Å²) in [5, 5.41) is 24.2. The number of imidazole rings is 1. The van der Waals surface area contributed by atoms with Crippen LogP contribution in [0, 0.1) is 17.8 Å². The van der Waals surface area contributed by atoms with Crippen LogP contribution < -0.4 is 65.1 Å². The fraction of sp³-hybridized carbons (Fsp3) is 0.500. The van der Waals surface area contributed by atoms with Crippen molar-refractivity contribution in [3.63, 3.8) is 0 Å². The Morgan fingerprint density at radius 3 is 1.67 bits per heavy atom. The van der Waals surface area contributed by atoms with E-state index in [9.17, 15) is 52.7 Å². The molecule has 0 aliphatic carbocycles. The van der Waals surface area contributed by atoms with Crippen molar-refractivity contribution in [2.24, 2.45) is 35.0 Å². The number of hydrogen-bond donors (Lipinski definition) is 15. The average Bonchev–Trinajstić information content (AvgIpc) is 4.37. The van der Waals surface area contributed by atoms with Crippen LogP contribution in [0.2, 0.25) is 0 Å². The van der Waals surface area contributed by atoms with E-state index in [-0.39, 0.29) is 62.5 Å². The highest BCUT2D eigenvalue weighted by molar-refractivity contribution is 7.80. The number of primary amides is 2. The van der Waals surface area contributed by atoms with E-state index in [1.54, 1.807) is 50.4 Å². The summed E-state index contributed by atoms with van der Waals surface area (Å²) in [4.78, 5) is 158. The number of hydrogen-bond acceptors (Lipinski definition) is 14. The van der Waals surface area contributed by atoms with E-state index >= 15 is 0 Å².